The summed E-state index contributed by atoms with van der Waals surface area (Å²) in [5.41, 5.74) is 3.20. The van der Waals surface area contributed by atoms with Crippen LogP contribution in [-0.2, 0) is 5.41 Å². The molecule has 90 valence electrons. The summed E-state index contributed by atoms with van der Waals surface area (Å²) in [6, 6.07) is 0. The predicted octanol–water partition coefficient (Wildman–Crippen LogP) is -0.633. The van der Waals surface area contributed by atoms with Gasteiger partial charge in [-0.3, -0.25) is 0 Å². The van der Waals surface area contributed by atoms with Crippen LogP contribution < -0.4 is 16.9 Å². The average molecular weight is 236 g/mol. The van der Waals surface area contributed by atoms with E-state index in [1.165, 1.54) is 0 Å². The zero-order chi connectivity index (χ0) is 12.0. The number of aromatic nitrogens is 3. The van der Waals surface area contributed by atoms with Gasteiger partial charge in [-0.25, -0.2) is 4.68 Å². The van der Waals surface area contributed by atoms with Crippen molar-refractivity contribution < 1.29 is 13.2 Å². The smallest absolute Gasteiger partial charge is 0.366 e. The molecule has 0 bridgehead atoms. The number of hydrogen-bond donors (Lipinski definition) is 3. The summed E-state index contributed by atoms with van der Waals surface area (Å²) in [6.07, 6.45) is -4.56. The van der Waals surface area contributed by atoms with Gasteiger partial charge in [-0.15, -0.1) is 10.2 Å². The maximum absolute atomic E-state index is 13.1. The van der Waals surface area contributed by atoms with E-state index in [0.29, 0.717) is 4.68 Å². The highest BCUT2D eigenvalue weighted by Gasteiger charge is 2.60. The van der Waals surface area contributed by atoms with Gasteiger partial charge in [0.15, 0.2) is 5.82 Å². The Balaban J connectivity index is 2.52. The van der Waals surface area contributed by atoms with E-state index in [9.17, 15) is 13.2 Å². The van der Waals surface area contributed by atoms with E-state index in [1.807, 2.05) is 0 Å². The van der Waals surface area contributed by atoms with Gasteiger partial charge in [0.05, 0.1) is 0 Å². The van der Waals surface area contributed by atoms with Crippen LogP contribution in [0.1, 0.15) is 12.2 Å². The molecular weight excluding hydrogens is 225 g/mol. The van der Waals surface area contributed by atoms with E-state index in [-0.39, 0.29) is 31.3 Å². The molecule has 0 saturated carbocycles. The molecule has 16 heavy (non-hydrogen) atoms. The lowest BCUT2D eigenvalue weighted by atomic mass is 9.85. The van der Waals surface area contributed by atoms with Crippen molar-refractivity contribution in [3.8, 4) is 0 Å². The van der Waals surface area contributed by atoms with Gasteiger partial charge in [-0.05, 0) is 13.0 Å². The lowest BCUT2D eigenvalue weighted by Crippen LogP contribution is -2.47. The van der Waals surface area contributed by atoms with E-state index in [4.69, 9.17) is 11.6 Å². The molecule has 0 radical (unpaired) electrons. The molecule has 6 nitrogen and oxygen atoms in total. The van der Waals surface area contributed by atoms with Crippen LogP contribution in [0, 0.1) is 0 Å². The lowest BCUT2D eigenvalue weighted by molar-refractivity contribution is -0.187. The number of alkyl halides is 3. The number of nitrogens with one attached hydrogen (secondary N) is 1. The first kappa shape index (κ1) is 11.0. The maximum atomic E-state index is 13.1. The molecule has 0 amide bonds. The summed E-state index contributed by atoms with van der Waals surface area (Å²) in [7, 11) is 0. The van der Waals surface area contributed by atoms with Gasteiger partial charge in [0.25, 0.3) is 0 Å². The highest BCUT2D eigenvalue weighted by Crippen LogP contribution is 2.44. The van der Waals surface area contributed by atoms with Crippen molar-refractivity contribution in [2.24, 2.45) is 0 Å². The van der Waals surface area contributed by atoms with Crippen molar-refractivity contribution >= 4 is 5.95 Å². The monoisotopic (exact) mass is 236 g/mol. The van der Waals surface area contributed by atoms with Crippen LogP contribution in [-0.4, -0.2) is 34.1 Å². The molecule has 1 aliphatic heterocycles. The topological polar surface area (TPSA) is 94.8 Å². The standard InChI is InChI=1S/C7H11F3N6/c8-7(9,10)6(1-2-13-3-6)4-14-15-5(11)16(4)12/h13H,1-3,12H2,(H2,11,15). The summed E-state index contributed by atoms with van der Waals surface area (Å²) >= 11 is 0. The van der Waals surface area contributed by atoms with Crippen LogP contribution >= 0.6 is 0 Å². The van der Waals surface area contributed by atoms with E-state index in [1.54, 1.807) is 0 Å². The fraction of sp³-hybridized carbons (Fsp3) is 0.714. The molecular formula is C7H11F3N6. The molecule has 2 rings (SSSR count). The Morgan fingerprint density at radius 3 is 2.44 bits per heavy atom. The second-order valence-corrected chi connectivity index (χ2v) is 3.76. The van der Waals surface area contributed by atoms with Crippen molar-refractivity contribution in [1.82, 2.24) is 20.2 Å². The van der Waals surface area contributed by atoms with Crippen molar-refractivity contribution in [2.45, 2.75) is 18.0 Å². The Labute approximate surface area is 88.8 Å². The number of hydrogen-bond acceptors (Lipinski definition) is 5. The Morgan fingerprint density at radius 1 is 1.38 bits per heavy atom. The number of halogens is 3. The first-order valence-electron chi connectivity index (χ1n) is 4.62. The van der Waals surface area contributed by atoms with E-state index in [0.717, 1.165) is 0 Å². The normalized spacial score (nSPS) is 26.2. The summed E-state index contributed by atoms with van der Waals surface area (Å²) in [5, 5.41) is 9.45. The number of nitrogens with two attached hydrogens (primary N) is 2. The minimum Gasteiger partial charge on any atom is -0.366 e. The van der Waals surface area contributed by atoms with Gasteiger partial charge in [0.1, 0.15) is 5.41 Å². The van der Waals surface area contributed by atoms with E-state index in [2.05, 4.69) is 15.5 Å². The molecule has 1 unspecified atom stereocenters. The van der Waals surface area contributed by atoms with Crippen molar-refractivity contribution in [3.63, 3.8) is 0 Å². The highest BCUT2D eigenvalue weighted by atomic mass is 19.4. The van der Waals surface area contributed by atoms with Crippen molar-refractivity contribution in [1.29, 1.82) is 0 Å². The molecule has 0 spiro atoms. The zero-order valence-corrected chi connectivity index (χ0v) is 8.25. The largest absolute Gasteiger partial charge is 0.402 e. The second kappa shape index (κ2) is 3.24. The van der Waals surface area contributed by atoms with Crippen LogP contribution in [0.5, 0.6) is 0 Å². The second-order valence-electron chi connectivity index (χ2n) is 3.76. The molecule has 9 heteroatoms. The van der Waals surface area contributed by atoms with E-state index < -0.39 is 11.6 Å². The third-order valence-corrected chi connectivity index (χ3v) is 2.85. The van der Waals surface area contributed by atoms with E-state index >= 15 is 0 Å². The Hall–Kier alpha value is -1.51. The number of rotatable bonds is 1. The minimum atomic E-state index is -4.44. The van der Waals surface area contributed by atoms with Crippen LogP contribution in [0.2, 0.25) is 0 Å². The van der Waals surface area contributed by atoms with Gasteiger partial charge in [-0.2, -0.15) is 13.2 Å². The number of anilines is 1. The van der Waals surface area contributed by atoms with Crippen LogP contribution in [0.15, 0.2) is 0 Å². The average Bonchev–Trinajstić information content (AvgIpc) is 2.75. The van der Waals surface area contributed by atoms with Crippen LogP contribution in [0.25, 0.3) is 0 Å². The van der Waals surface area contributed by atoms with Gasteiger partial charge >= 0.3 is 6.18 Å². The minimum absolute atomic E-state index is 0.119. The molecule has 1 saturated heterocycles. The third-order valence-electron chi connectivity index (χ3n) is 2.85. The molecule has 5 N–H and O–H groups in total. The van der Waals surface area contributed by atoms with Crippen LogP contribution in [0.4, 0.5) is 19.1 Å². The molecule has 0 aromatic carbocycles. The molecule has 1 aromatic rings. The van der Waals surface area contributed by atoms with Crippen molar-refractivity contribution in [2.75, 3.05) is 24.7 Å². The molecule has 1 aliphatic rings. The molecule has 1 aromatic heterocycles. The third kappa shape index (κ3) is 1.31. The predicted molar refractivity (Wildman–Crippen MR) is 49.8 cm³/mol. The van der Waals surface area contributed by atoms with Gasteiger partial charge in [0.2, 0.25) is 5.95 Å². The first-order chi connectivity index (χ1) is 7.38. The molecule has 2 heterocycles. The Morgan fingerprint density at radius 2 is 2.06 bits per heavy atom. The fourth-order valence-corrected chi connectivity index (χ4v) is 1.88. The van der Waals surface area contributed by atoms with Gasteiger partial charge in [0, 0.05) is 6.54 Å². The first-order valence-corrected chi connectivity index (χ1v) is 4.62. The molecule has 1 fully saturated rings. The fourth-order valence-electron chi connectivity index (χ4n) is 1.88. The molecule has 0 aliphatic carbocycles. The number of nitrogens with zero attached hydrogens (tertiary/aromatic N) is 3. The zero-order valence-electron chi connectivity index (χ0n) is 8.25. The SMILES string of the molecule is Nc1nnc(C2(C(F)(F)F)CCNC2)n1N. The Kier molecular flexibility index (Phi) is 2.22. The summed E-state index contributed by atoms with van der Waals surface area (Å²) in [5.74, 6) is 4.83. The lowest BCUT2D eigenvalue weighted by Gasteiger charge is -2.29. The summed E-state index contributed by atoms with van der Waals surface area (Å²) in [4.78, 5) is 0. The maximum Gasteiger partial charge on any atom is 0.402 e. The van der Waals surface area contributed by atoms with Crippen LogP contribution in [0.3, 0.4) is 0 Å². The quantitative estimate of drug-likeness (QED) is 0.564. The summed E-state index contributed by atoms with van der Waals surface area (Å²) < 4.78 is 39.9. The van der Waals surface area contributed by atoms with Crippen molar-refractivity contribution in [3.05, 3.63) is 5.82 Å². The highest BCUT2D eigenvalue weighted by molar-refractivity contribution is 5.25. The van der Waals surface area contributed by atoms with Gasteiger partial charge < -0.3 is 16.9 Å². The summed E-state index contributed by atoms with van der Waals surface area (Å²) in [6.45, 7) is -0.00188. The Bertz CT molecular complexity index is 391. The van der Waals surface area contributed by atoms with Gasteiger partial charge in [-0.1, -0.05) is 0 Å². The molecule has 1 atom stereocenters. The number of nitrogen functional groups attached to an aromatic ring is 2.